The summed E-state index contributed by atoms with van der Waals surface area (Å²) < 4.78 is 5.59. The van der Waals surface area contributed by atoms with Crippen molar-refractivity contribution in [2.24, 2.45) is 0 Å². The maximum absolute atomic E-state index is 12.3. The number of ether oxygens (including phenoxy) is 1. The lowest BCUT2D eigenvalue weighted by Gasteiger charge is -2.10. The van der Waals surface area contributed by atoms with E-state index in [4.69, 9.17) is 4.74 Å². The van der Waals surface area contributed by atoms with Gasteiger partial charge in [0, 0.05) is 5.56 Å². The zero-order valence-corrected chi connectivity index (χ0v) is 11.5. The second-order valence-corrected chi connectivity index (χ2v) is 5.15. The van der Waals surface area contributed by atoms with Crippen LogP contribution in [0.25, 0.3) is 0 Å². The zero-order valence-electron chi connectivity index (χ0n) is 10.6. The Labute approximate surface area is 110 Å². The minimum atomic E-state index is 0.00389. The summed E-state index contributed by atoms with van der Waals surface area (Å²) in [6, 6.07) is 7.27. The Kier molecular flexibility index (Phi) is 3.77. The van der Waals surface area contributed by atoms with Crippen molar-refractivity contribution in [3.05, 3.63) is 45.9 Å². The third-order valence-corrected chi connectivity index (χ3v) is 3.35. The SMILES string of the molecule is Cc1ncsc1C(=O)c1cccc(OC(C)C)c1. The lowest BCUT2D eigenvalue weighted by Crippen LogP contribution is -2.07. The Bertz CT molecular complexity index is 560. The van der Waals surface area contributed by atoms with E-state index < -0.39 is 0 Å². The molecule has 0 radical (unpaired) electrons. The summed E-state index contributed by atoms with van der Waals surface area (Å²) >= 11 is 1.37. The van der Waals surface area contributed by atoms with Crippen molar-refractivity contribution in [1.82, 2.24) is 4.98 Å². The molecule has 2 rings (SSSR count). The monoisotopic (exact) mass is 261 g/mol. The number of nitrogens with zero attached hydrogens (tertiary/aromatic N) is 1. The number of aromatic nitrogens is 1. The molecule has 4 heteroatoms. The predicted molar refractivity (Wildman–Crippen MR) is 72.5 cm³/mol. The molecule has 1 aromatic carbocycles. The fourth-order valence-electron chi connectivity index (χ4n) is 1.63. The second-order valence-electron chi connectivity index (χ2n) is 4.29. The third-order valence-electron chi connectivity index (χ3n) is 2.42. The van der Waals surface area contributed by atoms with Gasteiger partial charge in [-0.3, -0.25) is 4.79 Å². The maximum atomic E-state index is 12.3. The van der Waals surface area contributed by atoms with Crippen LogP contribution in [0.5, 0.6) is 5.75 Å². The molecular weight excluding hydrogens is 246 g/mol. The minimum absolute atomic E-state index is 0.00389. The number of carbonyl (C=O) groups excluding carboxylic acids is 1. The molecule has 94 valence electrons. The second kappa shape index (κ2) is 5.31. The fourth-order valence-corrected chi connectivity index (χ4v) is 2.40. The normalized spacial score (nSPS) is 10.7. The summed E-state index contributed by atoms with van der Waals surface area (Å²) in [5.41, 5.74) is 3.11. The maximum Gasteiger partial charge on any atom is 0.204 e. The smallest absolute Gasteiger partial charge is 0.204 e. The molecule has 0 saturated carbocycles. The standard InChI is InChI=1S/C14H15NO2S/c1-9(2)17-12-6-4-5-11(7-12)13(16)14-10(3)15-8-18-14/h4-9H,1-3H3. The van der Waals surface area contributed by atoms with Crippen LogP contribution in [0.3, 0.4) is 0 Å². The van der Waals surface area contributed by atoms with Crippen LogP contribution in [-0.2, 0) is 0 Å². The lowest BCUT2D eigenvalue weighted by atomic mass is 10.1. The first kappa shape index (κ1) is 12.8. The van der Waals surface area contributed by atoms with E-state index in [1.807, 2.05) is 32.9 Å². The van der Waals surface area contributed by atoms with Gasteiger partial charge >= 0.3 is 0 Å². The van der Waals surface area contributed by atoms with Gasteiger partial charge in [0.2, 0.25) is 5.78 Å². The fraction of sp³-hybridized carbons (Fsp3) is 0.286. The van der Waals surface area contributed by atoms with Gasteiger partial charge in [-0.05, 0) is 32.9 Å². The first-order valence-electron chi connectivity index (χ1n) is 5.79. The molecule has 0 aliphatic heterocycles. The van der Waals surface area contributed by atoms with Gasteiger partial charge in [-0.15, -0.1) is 11.3 Å². The van der Waals surface area contributed by atoms with Gasteiger partial charge in [-0.25, -0.2) is 4.98 Å². The molecule has 18 heavy (non-hydrogen) atoms. The van der Waals surface area contributed by atoms with Gasteiger partial charge < -0.3 is 4.74 Å². The van der Waals surface area contributed by atoms with E-state index >= 15 is 0 Å². The van der Waals surface area contributed by atoms with E-state index in [0.717, 1.165) is 11.4 Å². The molecule has 1 aromatic heterocycles. The number of benzene rings is 1. The van der Waals surface area contributed by atoms with Crippen molar-refractivity contribution in [3.8, 4) is 5.75 Å². The Morgan fingerprint density at radius 3 is 2.78 bits per heavy atom. The van der Waals surface area contributed by atoms with Gasteiger partial charge in [-0.1, -0.05) is 12.1 Å². The summed E-state index contributed by atoms with van der Waals surface area (Å²) in [7, 11) is 0. The number of thiazole rings is 1. The van der Waals surface area contributed by atoms with Crippen LogP contribution >= 0.6 is 11.3 Å². The van der Waals surface area contributed by atoms with Gasteiger partial charge in [0.05, 0.1) is 22.2 Å². The highest BCUT2D eigenvalue weighted by Gasteiger charge is 2.14. The molecule has 2 aromatic rings. The number of hydrogen-bond donors (Lipinski definition) is 0. The average Bonchev–Trinajstić information content (AvgIpc) is 2.74. The van der Waals surface area contributed by atoms with Crippen LogP contribution in [0.4, 0.5) is 0 Å². The molecule has 0 spiro atoms. The van der Waals surface area contributed by atoms with E-state index in [-0.39, 0.29) is 11.9 Å². The Morgan fingerprint density at radius 1 is 1.39 bits per heavy atom. The van der Waals surface area contributed by atoms with Crippen molar-refractivity contribution in [2.45, 2.75) is 26.9 Å². The van der Waals surface area contributed by atoms with Crippen LogP contribution < -0.4 is 4.74 Å². The van der Waals surface area contributed by atoms with Crippen LogP contribution in [-0.4, -0.2) is 16.9 Å². The van der Waals surface area contributed by atoms with Crippen LogP contribution in [0.15, 0.2) is 29.8 Å². The molecule has 0 N–H and O–H groups in total. The van der Waals surface area contributed by atoms with Gasteiger partial charge in [0.25, 0.3) is 0 Å². The quantitative estimate of drug-likeness (QED) is 0.791. The van der Waals surface area contributed by atoms with E-state index in [1.165, 1.54) is 11.3 Å². The molecule has 0 amide bonds. The Morgan fingerprint density at radius 2 is 2.17 bits per heavy atom. The first-order valence-corrected chi connectivity index (χ1v) is 6.67. The van der Waals surface area contributed by atoms with Crippen molar-refractivity contribution in [1.29, 1.82) is 0 Å². The van der Waals surface area contributed by atoms with E-state index in [2.05, 4.69) is 4.98 Å². The molecule has 3 nitrogen and oxygen atoms in total. The number of carbonyl (C=O) groups is 1. The van der Waals surface area contributed by atoms with E-state index in [0.29, 0.717) is 10.4 Å². The van der Waals surface area contributed by atoms with Crippen LogP contribution in [0.2, 0.25) is 0 Å². The largest absolute Gasteiger partial charge is 0.491 e. The molecule has 0 aliphatic carbocycles. The highest BCUT2D eigenvalue weighted by atomic mass is 32.1. The van der Waals surface area contributed by atoms with Crippen molar-refractivity contribution < 1.29 is 9.53 Å². The molecular formula is C14H15NO2S. The Hall–Kier alpha value is -1.68. The average molecular weight is 261 g/mol. The van der Waals surface area contributed by atoms with Crippen molar-refractivity contribution in [2.75, 3.05) is 0 Å². The minimum Gasteiger partial charge on any atom is -0.491 e. The summed E-state index contributed by atoms with van der Waals surface area (Å²) in [5, 5.41) is 0. The van der Waals surface area contributed by atoms with E-state index in [9.17, 15) is 4.79 Å². The molecule has 1 heterocycles. The van der Waals surface area contributed by atoms with E-state index in [1.54, 1.807) is 17.6 Å². The number of hydrogen-bond acceptors (Lipinski definition) is 4. The summed E-state index contributed by atoms with van der Waals surface area (Å²) in [5.74, 6) is 0.724. The molecule has 0 atom stereocenters. The third kappa shape index (κ3) is 2.76. The highest BCUT2D eigenvalue weighted by molar-refractivity contribution is 7.12. The topological polar surface area (TPSA) is 39.2 Å². The van der Waals surface area contributed by atoms with Crippen molar-refractivity contribution in [3.63, 3.8) is 0 Å². The summed E-state index contributed by atoms with van der Waals surface area (Å²) in [6.45, 7) is 5.77. The van der Waals surface area contributed by atoms with Gasteiger partial charge in [-0.2, -0.15) is 0 Å². The van der Waals surface area contributed by atoms with Crippen LogP contribution in [0, 0.1) is 6.92 Å². The van der Waals surface area contributed by atoms with Crippen molar-refractivity contribution >= 4 is 17.1 Å². The number of rotatable bonds is 4. The zero-order chi connectivity index (χ0) is 13.1. The lowest BCUT2D eigenvalue weighted by molar-refractivity contribution is 0.104. The Balaban J connectivity index is 2.29. The highest BCUT2D eigenvalue weighted by Crippen LogP contribution is 2.21. The van der Waals surface area contributed by atoms with Crippen LogP contribution in [0.1, 0.15) is 34.8 Å². The number of ketones is 1. The predicted octanol–water partition coefficient (Wildman–Crippen LogP) is 3.47. The summed E-state index contributed by atoms with van der Waals surface area (Å²) in [6.07, 6.45) is 0.0977. The van der Waals surface area contributed by atoms with Gasteiger partial charge in [0.15, 0.2) is 0 Å². The summed E-state index contributed by atoms with van der Waals surface area (Å²) in [4.78, 5) is 17.1. The first-order chi connectivity index (χ1) is 8.58. The molecule has 0 aliphatic rings. The number of aryl methyl sites for hydroxylation is 1. The van der Waals surface area contributed by atoms with Gasteiger partial charge in [0.1, 0.15) is 5.75 Å². The molecule has 0 saturated heterocycles. The molecule has 0 bridgehead atoms. The molecule has 0 unspecified atom stereocenters. The molecule has 0 fully saturated rings.